The Bertz CT molecular complexity index is 166. The zero-order valence-corrected chi connectivity index (χ0v) is 5.58. The quantitative estimate of drug-likeness (QED) is 0.444. The summed E-state index contributed by atoms with van der Waals surface area (Å²) in [4.78, 5) is 10.9. The molecule has 1 N–H and O–H groups in total. The molecule has 2 unspecified atom stereocenters. The highest BCUT2D eigenvalue weighted by Crippen LogP contribution is 2.33. The fourth-order valence-electron chi connectivity index (χ4n) is 1.04. The lowest BCUT2D eigenvalue weighted by Gasteiger charge is -2.27. The van der Waals surface area contributed by atoms with E-state index in [2.05, 4.69) is 13.2 Å². The van der Waals surface area contributed by atoms with Crippen molar-refractivity contribution in [2.24, 2.45) is 5.92 Å². The third-order valence-electron chi connectivity index (χ3n) is 1.72. The summed E-state index contributed by atoms with van der Waals surface area (Å²) in [6.45, 7) is 6.82. The normalized spacial score (nSPS) is 31.3. The van der Waals surface area contributed by atoms with Gasteiger partial charge in [0.2, 0.25) is 0 Å². The summed E-state index contributed by atoms with van der Waals surface area (Å²) in [5.74, 6) is -0.0459. The van der Waals surface area contributed by atoms with Crippen molar-refractivity contribution in [3.63, 3.8) is 0 Å². The van der Waals surface area contributed by atoms with Crippen molar-refractivity contribution >= 4 is 5.78 Å². The van der Waals surface area contributed by atoms with Gasteiger partial charge in [-0.3, -0.25) is 4.79 Å². The van der Waals surface area contributed by atoms with Gasteiger partial charge in [0.15, 0.2) is 12.0 Å². The molecule has 1 fully saturated rings. The molecule has 0 aliphatic heterocycles. The van der Waals surface area contributed by atoms with E-state index in [1.807, 2.05) is 0 Å². The SMILES string of the molecule is C=C[C+]1C(=O)C(C=C)C1O. The maximum Gasteiger partial charge on any atom is 0.253 e. The summed E-state index contributed by atoms with van der Waals surface area (Å²) in [6, 6.07) is 0. The summed E-state index contributed by atoms with van der Waals surface area (Å²) in [5, 5.41) is 9.14. The summed E-state index contributed by atoms with van der Waals surface area (Å²) in [7, 11) is 0. The van der Waals surface area contributed by atoms with Crippen molar-refractivity contribution < 1.29 is 9.90 Å². The van der Waals surface area contributed by atoms with Crippen LogP contribution in [0.2, 0.25) is 0 Å². The molecule has 0 aromatic rings. The van der Waals surface area contributed by atoms with Gasteiger partial charge < -0.3 is 5.11 Å². The molecule has 0 saturated heterocycles. The Morgan fingerprint density at radius 1 is 1.60 bits per heavy atom. The Morgan fingerprint density at radius 3 is 2.50 bits per heavy atom. The summed E-state index contributed by atoms with van der Waals surface area (Å²) in [6.07, 6.45) is 2.19. The third-order valence-corrected chi connectivity index (χ3v) is 1.72. The third kappa shape index (κ3) is 0.693. The molecule has 1 aliphatic rings. The number of aliphatic hydroxyl groups is 1. The highest BCUT2D eigenvalue weighted by Gasteiger charge is 2.52. The fourth-order valence-corrected chi connectivity index (χ4v) is 1.04. The van der Waals surface area contributed by atoms with Crippen molar-refractivity contribution in [2.45, 2.75) is 6.10 Å². The van der Waals surface area contributed by atoms with E-state index >= 15 is 0 Å². The second-order valence-corrected chi connectivity index (χ2v) is 2.23. The van der Waals surface area contributed by atoms with Crippen molar-refractivity contribution in [3.8, 4) is 0 Å². The molecular weight excluding hydrogens is 128 g/mol. The van der Waals surface area contributed by atoms with Gasteiger partial charge in [-0.1, -0.05) is 6.08 Å². The van der Waals surface area contributed by atoms with Crippen LogP contribution in [0.4, 0.5) is 0 Å². The van der Waals surface area contributed by atoms with E-state index in [1.165, 1.54) is 12.2 Å². The average Bonchev–Trinajstić information content (AvgIpc) is 1.90. The average molecular weight is 137 g/mol. The number of rotatable bonds is 2. The Hall–Kier alpha value is -1.02. The Labute approximate surface area is 59.9 Å². The molecule has 10 heavy (non-hydrogen) atoms. The molecule has 2 atom stereocenters. The van der Waals surface area contributed by atoms with Crippen LogP contribution in [0, 0.1) is 11.8 Å². The standard InChI is InChI=1S/C8H9O2/c1-3-5-7(9)6(4-2)8(5)10/h3-5,7,9H,1-2H2/q+1. The number of hydrogen-bond donors (Lipinski definition) is 1. The molecule has 52 valence electrons. The molecule has 0 radical (unpaired) electrons. The minimum absolute atomic E-state index is 0.0579. The lowest BCUT2D eigenvalue weighted by molar-refractivity contribution is -0.130. The zero-order chi connectivity index (χ0) is 7.72. The molecule has 0 bridgehead atoms. The predicted octanol–water partition coefficient (Wildman–Crippen LogP) is 0.493. The minimum Gasteiger partial charge on any atom is -0.369 e. The van der Waals surface area contributed by atoms with E-state index in [-0.39, 0.29) is 5.78 Å². The van der Waals surface area contributed by atoms with Crippen molar-refractivity contribution in [2.75, 3.05) is 0 Å². The van der Waals surface area contributed by atoms with Crippen LogP contribution >= 0.6 is 0 Å². The molecule has 1 saturated carbocycles. The highest BCUT2D eigenvalue weighted by atomic mass is 16.3. The second kappa shape index (κ2) is 2.31. The molecule has 2 nitrogen and oxygen atoms in total. The molecule has 0 aromatic carbocycles. The molecule has 0 heterocycles. The second-order valence-electron chi connectivity index (χ2n) is 2.23. The van der Waals surface area contributed by atoms with Gasteiger partial charge in [0, 0.05) is 6.58 Å². The number of carbonyl (C=O) groups excluding carboxylic acids is 1. The highest BCUT2D eigenvalue weighted by molar-refractivity contribution is 6.05. The molecule has 0 aromatic heterocycles. The van der Waals surface area contributed by atoms with E-state index in [0.29, 0.717) is 5.92 Å². The maximum atomic E-state index is 10.9. The smallest absolute Gasteiger partial charge is 0.253 e. The number of carbonyl (C=O) groups is 1. The molecular formula is C8H9O2+. The predicted molar refractivity (Wildman–Crippen MR) is 38.1 cm³/mol. The lowest BCUT2D eigenvalue weighted by atomic mass is 9.71. The van der Waals surface area contributed by atoms with Crippen LogP contribution in [0.15, 0.2) is 25.3 Å². The van der Waals surface area contributed by atoms with E-state index in [9.17, 15) is 4.79 Å². The van der Waals surface area contributed by atoms with Crippen LogP contribution in [0.5, 0.6) is 0 Å². The first-order chi connectivity index (χ1) is 4.72. The van der Waals surface area contributed by atoms with Crippen LogP contribution in [0.1, 0.15) is 0 Å². The minimum atomic E-state index is -0.664. The Morgan fingerprint density at radius 2 is 2.20 bits per heavy atom. The largest absolute Gasteiger partial charge is 0.369 e. The van der Waals surface area contributed by atoms with Gasteiger partial charge in [0.1, 0.15) is 12.0 Å². The topological polar surface area (TPSA) is 37.3 Å². The summed E-state index contributed by atoms with van der Waals surface area (Å²) < 4.78 is 0. The fraction of sp³-hybridized carbons (Fsp3) is 0.250. The van der Waals surface area contributed by atoms with Gasteiger partial charge in [0.05, 0.1) is 0 Å². The number of aliphatic hydroxyl groups excluding tert-OH is 1. The number of Topliss-reactive ketones (excluding diaryl/α,β-unsaturated/α-hetero) is 1. The van der Waals surface area contributed by atoms with Gasteiger partial charge in [0.25, 0.3) is 5.78 Å². The first-order valence-electron chi connectivity index (χ1n) is 3.06. The molecule has 1 rings (SSSR count). The van der Waals surface area contributed by atoms with E-state index in [1.54, 1.807) is 0 Å². The zero-order valence-electron chi connectivity index (χ0n) is 5.58. The Kier molecular flexibility index (Phi) is 1.64. The van der Waals surface area contributed by atoms with Crippen molar-refractivity contribution in [1.82, 2.24) is 0 Å². The molecule has 0 amide bonds. The van der Waals surface area contributed by atoms with Crippen LogP contribution in [0.3, 0.4) is 0 Å². The number of hydrogen-bond acceptors (Lipinski definition) is 2. The van der Waals surface area contributed by atoms with Gasteiger partial charge in [-0.2, -0.15) is 0 Å². The van der Waals surface area contributed by atoms with Crippen molar-refractivity contribution in [3.05, 3.63) is 31.2 Å². The van der Waals surface area contributed by atoms with Crippen molar-refractivity contribution in [1.29, 1.82) is 0 Å². The molecule has 0 spiro atoms. The summed E-state index contributed by atoms with van der Waals surface area (Å²) in [5.41, 5.74) is 0. The van der Waals surface area contributed by atoms with Gasteiger partial charge in [-0.25, -0.2) is 0 Å². The summed E-state index contributed by atoms with van der Waals surface area (Å²) >= 11 is 0. The van der Waals surface area contributed by atoms with E-state index in [4.69, 9.17) is 5.11 Å². The van der Waals surface area contributed by atoms with E-state index < -0.39 is 12.0 Å². The van der Waals surface area contributed by atoms with E-state index in [0.717, 1.165) is 0 Å². The first-order valence-corrected chi connectivity index (χ1v) is 3.06. The number of ketones is 1. The van der Waals surface area contributed by atoms with Gasteiger partial charge in [-0.15, -0.1) is 6.58 Å². The monoisotopic (exact) mass is 137 g/mol. The van der Waals surface area contributed by atoms with Gasteiger partial charge in [-0.05, 0) is 0 Å². The van der Waals surface area contributed by atoms with Crippen LogP contribution in [0.25, 0.3) is 0 Å². The van der Waals surface area contributed by atoms with Crippen LogP contribution in [-0.2, 0) is 4.79 Å². The van der Waals surface area contributed by atoms with Crippen LogP contribution in [-0.4, -0.2) is 17.0 Å². The maximum absolute atomic E-state index is 10.9. The Balaban J connectivity index is 2.66. The van der Waals surface area contributed by atoms with Gasteiger partial charge >= 0.3 is 0 Å². The molecule has 1 aliphatic carbocycles. The molecule has 2 heteroatoms. The van der Waals surface area contributed by atoms with Crippen LogP contribution < -0.4 is 0 Å². The lowest BCUT2D eigenvalue weighted by Crippen LogP contribution is -2.48. The first kappa shape index (κ1) is 7.09.